The number of benzene rings is 3. The minimum Gasteiger partial charge on any atom is -0.508 e. The van der Waals surface area contributed by atoms with Crippen LogP contribution in [-0.2, 0) is 17.6 Å². The second-order valence-corrected chi connectivity index (χ2v) is 11.6. The third-order valence-electron chi connectivity index (χ3n) is 8.11. The van der Waals surface area contributed by atoms with E-state index in [0.29, 0.717) is 36.1 Å². The number of Topliss-reactive ketones (excluding diaryl/α,β-unsaturated/α-hetero) is 1. The lowest BCUT2D eigenvalue weighted by Crippen LogP contribution is -2.20. The number of H-pyrrole nitrogens is 1. The zero-order valence-corrected chi connectivity index (χ0v) is 26.5. The van der Waals surface area contributed by atoms with E-state index in [9.17, 15) is 19.8 Å². The molecular weight excluding hydrogens is 578 g/mol. The fraction of sp³-hybridized carbons (Fsp3) is 0.316. The largest absolute Gasteiger partial charge is 0.508 e. The van der Waals surface area contributed by atoms with E-state index >= 15 is 0 Å². The minimum atomic E-state index is -0.615. The molecule has 0 amide bonds. The number of nitrogens with two attached hydrogens (primary N) is 2. The first-order chi connectivity index (χ1) is 22.2. The normalized spacial score (nSPS) is 12.1. The number of hydrogen-bond donors (Lipinski definition) is 5. The maximum atomic E-state index is 13.2. The Morgan fingerprint density at radius 1 is 0.891 bits per heavy atom. The smallest absolute Gasteiger partial charge is 0.165 e. The summed E-state index contributed by atoms with van der Waals surface area (Å²) in [6.45, 7) is 2.43. The molecule has 0 saturated carbocycles. The molecule has 0 aliphatic rings. The van der Waals surface area contributed by atoms with Crippen LogP contribution in [0.1, 0.15) is 95.7 Å². The van der Waals surface area contributed by atoms with Crippen molar-refractivity contribution in [3.63, 3.8) is 0 Å². The van der Waals surface area contributed by atoms with Crippen molar-refractivity contribution < 1.29 is 24.5 Å². The van der Waals surface area contributed by atoms with Crippen molar-refractivity contribution >= 4 is 11.6 Å². The summed E-state index contributed by atoms with van der Waals surface area (Å²) in [4.78, 5) is 28.4. The Bertz CT molecular complexity index is 1590. The summed E-state index contributed by atoms with van der Waals surface area (Å²) in [7, 11) is 0. The van der Waals surface area contributed by atoms with Gasteiger partial charge in [0.25, 0.3) is 0 Å². The average Bonchev–Trinajstić information content (AvgIpc) is 3.60. The van der Waals surface area contributed by atoms with Crippen LogP contribution >= 0.6 is 0 Å². The Kier molecular flexibility index (Phi) is 12.8. The van der Waals surface area contributed by atoms with Crippen molar-refractivity contribution in [3.05, 3.63) is 125 Å². The van der Waals surface area contributed by atoms with Gasteiger partial charge >= 0.3 is 0 Å². The lowest BCUT2D eigenvalue weighted by molar-refractivity contribution is -0.114. The highest BCUT2D eigenvalue weighted by Gasteiger charge is 2.23. The number of ether oxygens (including phenoxy) is 1. The van der Waals surface area contributed by atoms with Gasteiger partial charge in [0.1, 0.15) is 5.75 Å². The summed E-state index contributed by atoms with van der Waals surface area (Å²) in [6.07, 6.45) is 12.3. The number of aromatic nitrogens is 1. The number of aryl methyl sites for hydroxylation is 1. The highest BCUT2D eigenvalue weighted by molar-refractivity contribution is 5.96. The standard InChI is InChI=1S/C38H45N3O5/c1-2-3-4-5-6-7-31(42)15-8-26-10-17-35(44)37(23-26)46-21-19-27-9-16-34(43)33(22-27)32(24-36(45)30-18-20-41-25-30)28-11-13-29(14-12-28)38(39)40/h6-7,9-14,16-18,20,22-23,25,32,38,41,43-44H,2-5,8,15,19,21,24,39-40H2,1H3/b7-6+/t32-/m1/s1. The zero-order valence-electron chi connectivity index (χ0n) is 26.5. The van der Waals surface area contributed by atoms with Gasteiger partial charge in [-0.3, -0.25) is 9.59 Å². The number of nitrogens with one attached hydrogen (secondary N) is 1. The number of carbonyl (C=O) groups excluding carboxylic acids is 2. The van der Waals surface area contributed by atoms with Gasteiger partial charge < -0.3 is 31.4 Å². The monoisotopic (exact) mass is 623 g/mol. The molecule has 0 aliphatic heterocycles. The number of hydrogen-bond acceptors (Lipinski definition) is 7. The molecule has 242 valence electrons. The molecule has 0 aliphatic carbocycles. The van der Waals surface area contributed by atoms with Crippen molar-refractivity contribution in [1.82, 2.24) is 4.98 Å². The van der Waals surface area contributed by atoms with Crippen LogP contribution in [0.4, 0.5) is 0 Å². The number of aromatic hydroxyl groups is 2. The Morgan fingerprint density at radius 2 is 1.61 bits per heavy atom. The van der Waals surface area contributed by atoms with Gasteiger partial charge in [-0.2, -0.15) is 0 Å². The van der Waals surface area contributed by atoms with Gasteiger partial charge in [-0.05, 0) is 71.9 Å². The fourth-order valence-corrected chi connectivity index (χ4v) is 5.38. The molecule has 4 rings (SSSR count). The molecule has 4 aromatic rings. The summed E-state index contributed by atoms with van der Waals surface area (Å²) in [6, 6.07) is 19.7. The summed E-state index contributed by atoms with van der Waals surface area (Å²) < 4.78 is 5.96. The van der Waals surface area contributed by atoms with E-state index in [2.05, 4.69) is 11.9 Å². The molecule has 0 unspecified atom stereocenters. The van der Waals surface area contributed by atoms with Gasteiger partial charge in [0, 0.05) is 48.7 Å². The minimum absolute atomic E-state index is 0.0290. The summed E-state index contributed by atoms with van der Waals surface area (Å²) >= 11 is 0. The Morgan fingerprint density at radius 3 is 2.30 bits per heavy atom. The van der Waals surface area contributed by atoms with Crippen LogP contribution in [0.3, 0.4) is 0 Å². The maximum absolute atomic E-state index is 13.2. The third kappa shape index (κ3) is 9.92. The van der Waals surface area contributed by atoms with Crippen LogP contribution < -0.4 is 16.2 Å². The molecule has 3 aromatic carbocycles. The van der Waals surface area contributed by atoms with Gasteiger partial charge in [-0.25, -0.2) is 0 Å². The SMILES string of the molecule is CCCCC/C=C/C(=O)CCc1ccc(O)c(OCCc2ccc(O)c([C@H](CC(=O)c3cc[nH]c3)c3ccc(C(N)N)cc3)c2)c1. The molecule has 1 heterocycles. The number of phenolic OH excluding ortho intramolecular Hbond substituents is 2. The number of unbranched alkanes of at least 4 members (excludes halogenated alkanes) is 3. The molecule has 8 nitrogen and oxygen atoms in total. The van der Waals surface area contributed by atoms with Crippen LogP contribution in [0.5, 0.6) is 17.2 Å². The molecule has 0 fully saturated rings. The topological polar surface area (TPSA) is 152 Å². The lowest BCUT2D eigenvalue weighted by atomic mass is 9.84. The second-order valence-electron chi connectivity index (χ2n) is 11.6. The van der Waals surface area contributed by atoms with E-state index in [4.69, 9.17) is 16.2 Å². The first-order valence-corrected chi connectivity index (χ1v) is 16.0. The molecule has 0 radical (unpaired) electrons. The number of ketones is 2. The molecule has 0 bridgehead atoms. The summed E-state index contributed by atoms with van der Waals surface area (Å²) in [5.74, 6) is 0.0856. The number of allylic oxidation sites excluding steroid dienone is 2. The molecular formula is C38H45N3O5. The van der Waals surface area contributed by atoms with E-state index in [1.54, 1.807) is 48.8 Å². The Balaban J connectivity index is 1.43. The fourth-order valence-electron chi connectivity index (χ4n) is 5.38. The van der Waals surface area contributed by atoms with Crippen molar-refractivity contribution in [2.24, 2.45) is 11.5 Å². The van der Waals surface area contributed by atoms with Crippen molar-refractivity contribution in [1.29, 1.82) is 0 Å². The maximum Gasteiger partial charge on any atom is 0.165 e. The molecule has 0 spiro atoms. The molecule has 1 atom stereocenters. The molecule has 7 N–H and O–H groups in total. The van der Waals surface area contributed by atoms with Gasteiger partial charge in [-0.1, -0.05) is 68.3 Å². The van der Waals surface area contributed by atoms with Gasteiger partial charge in [0.05, 0.1) is 12.8 Å². The Hall–Kier alpha value is -4.66. The molecule has 46 heavy (non-hydrogen) atoms. The first kappa shape index (κ1) is 34.2. The van der Waals surface area contributed by atoms with Crippen LogP contribution in [0, 0.1) is 0 Å². The summed E-state index contributed by atoms with van der Waals surface area (Å²) in [5.41, 5.74) is 16.3. The van der Waals surface area contributed by atoms with E-state index in [-0.39, 0.29) is 36.1 Å². The lowest BCUT2D eigenvalue weighted by Gasteiger charge is -2.20. The van der Waals surface area contributed by atoms with E-state index in [0.717, 1.165) is 41.5 Å². The highest BCUT2D eigenvalue weighted by Crippen LogP contribution is 2.36. The summed E-state index contributed by atoms with van der Waals surface area (Å²) in [5, 5.41) is 21.4. The van der Waals surface area contributed by atoms with Crippen LogP contribution in [0.25, 0.3) is 0 Å². The average molecular weight is 624 g/mol. The number of rotatable bonds is 18. The highest BCUT2D eigenvalue weighted by atomic mass is 16.5. The Labute approximate surface area is 271 Å². The predicted octanol–water partition coefficient (Wildman–Crippen LogP) is 7.01. The van der Waals surface area contributed by atoms with Crippen molar-refractivity contribution in [2.45, 2.75) is 70.4 Å². The molecule has 8 heteroatoms. The van der Waals surface area contributed by atoms with Gasteiger partial charge in [0.2, 0.25) is 0 Å². The second kappa shape index (κ2) is 17.1. The van der Waals surface area contributed by atoms with Gasteiger partial charge in [-0.15, -0.1) is 0 Å². The first-order valence-electron chi connectivity index (χ1n) is 16.0. The van der Waals surface area contributed by atoms with Crippen molar-refractivity contribution in [3.8, 4) is 17.2 Å². The van der Waals surface area contributed by atoms with Crippen molar-refractivity contribution in [2.75, 3.05) is 6.61 Å². The third-order valence-corrected chi connectivity index (χ3v) is 8.11. The number of carbonyl (C=O) groups is 2. The number of aromatic amines is 1. The zero-order chi connectivity index (χ0) is 32.9. The van der Waals surface area contributed by atoms with Crippen LogP contribution in [-0.4, -0.2) is 33.4 Å². The van der Waals surface area contributed by atoms with Crippen LogP contribution in [0.15, 0.2) is 91.3 Å². The molecule has 1 aromatic heterocycles. The predicted molar refractivity (Wildman–Crippen MR) is 181 cm³/mol. The van der Waals surface area contributed by atoms with Gasteiger partial charge in [0.15, 0.2) is 23.1 Å². The van der Waals surface area contributed by atoms with Crippen LogP contribution in [0.2, 0.25) is 0 Å². The quantitative estimate of drug-likeness (QED) is 0.0346. The van der Waals surface area contributed by atoms with E-state index in [1.165, 1.54) is 6.42 Å². The van der Waals surface area contributed by atoms with E-state index < -0.39 is 12.1 Å². The number of phenols is 2. The molecule has 0 saturated heterocycles. The van der Waals surface area contributed by atoms with E-state index in [1.807, 2.05) is 42.5 Å².